The Kier molecular flexibility index (Phi) is 6.12. The predicted molar refractivity (Wildman–Crippen MR) is 173 cm³/mol. The summed E-state index contributed by atoms with van der Waals surface area (Å²) in [6, 6.07) is 10.4. The number of hydrogen-bond donors (Lipinski definition) is 0. The highest BCUT2D eigenvalue weighted by Gasteiger charge is 2.58. The van der Waals surface area contributed by atoms with Crippen molar-refractivity contribution in [3.63, 3.8) is 0 Å². The third-order valence-corrected chi connectivity index (χ3v) is 11.5. The fraction of sp³-hybridized carbons (Fsp3) is 0.600. The molecular weight excluding hydrogens is 480 g/mol. The minimum atomic E-state index is 0.131. The minimum absolute atomic E-state index is 0.131. The van der Waals surface area contributed by atoms with Crippen LogP contribution in [-0.4, -0.2) is 0 Å². The molecule has 0 N–H and O–H groups in total. The maximum atomic E-state index is 2.71. The molecule has 4 aliphatic carbocycles. The fourth-order valence-corrected chi connectivity index (χ4v) is 9.60. The van der Waals surface area contributed by atoms with Gasteiger partial charge < -0.3 is 0 Å². The molecule has 3 atom stereocenters. The first-order valence-electron chi connectivity index (χ1n) is 16.2. The van der Waals surface area contributed by atoms with Gasteiger partial charge in [-0.3, -0.25) is 0 Å². The third-order valence-electron chi connectivity index (χ3n) is 11.5. The first-order chi connectivity index (χ1) is 18.4. The van der Waals surface area contributed by atoms with Crippen LogP contribution in [0.2, 0.25) is 0 Å². The van der Waals surface area contributed by atoms with Gasteiger partial charge >= 0.3 is 0 Å². The predicted octanol–water partition coefficient (Wildman–Crippen LogP) is 11.5. The lowest BCUT2D eigenvalue weighted by molar-refractivity contribution is 0.141. The lowest BCUT2D eigenvalue weighted by Crippen LogP contribution is -2.36. The molecule has 0 nitrogen and oxygen atoms in total. The van der Waals surface area contributed by atoms with Crippen LogP contribution < -0.4 is 0 Å². The van der Waals surface area contributed by atoms with Crippen molar-refractivity contribution in [2.24, 2.45) is 22.7 Å². The van der Waals surface area contributed by atoms with E-state index in [0.717, 1.165) is 11.8 Å². The summed E-state index contributed by atoms with van der Waals surface area (Å²) in [5.41, 5.74) is 18.0. The van der Waals surface area contributed by atoms with Crippen LogP contribution in [0.1, 0.15) is 141 Å². The van der Waals surface area contributed by atoms with Crippen LogP contribution in [-0.2, 0) is 10.8 Å². The summed E-state index contributed by atoms with van der Waals surface area (Å²) < 4.78 is 0. The fourth-order valence-electron chi connectivity index (χ4n) is 9.60. The Labute approximate surface area is 245 Å². The Bertz CT molecular complexity index is 1380. The first kappa shape index (κ1) is 28.1. The number of rotatable bonds is 1. The van der Waals surface area contributed by atoms with Gasteiger partial charge in [-0.25, -0.2) is 0 Å². The zero-order valence-electron chi connectivity index (χ0n) is 27.7. The monoisotopic (exact) mass is 534 g/mol. The minimum Gasteiger partial charge on any atom is -0.0605 e. The maximum Gasteiger partial charge on any atom is 0.0199 e. The highest BCUT2D eigenvalue weighted by atomic mass is 14.6. The van der Waals surface area contributed by atoms with Crippen LogP contribution in [0, 0.1) is 36.5 Å². The van der Waals surface area contributed by atoms with E-state index in [-0.39, 0.29) is 21.7 Å². The smallest absolute Gasteiger partial charge is 0.0199 e. The van der Waals surface area contributed by atoms with Gasteiger partial charge in [-0.2, -0.15) is 0 Å². The van der Waals surface area contributed by atoms with Gasteiger partial charge in [-0.15, -0.1) is 0 Å². The van der Waals surface area contributed by atoms with Gasteiger partial charge in [0.1, 0.15) is 0 Å². The van der Waals surface area contributed by atoms with E-state index in [2.05, 4.69) is 113 Å². The van der Waals surface area contributed by atoms with Crippen LogP contribution in [0.25, 0.3) is 11.1 Å². The van der Waals surface area contributed by atoms with Crippen molar-refractivity contribution < 1.29 is 0 Å². The van der Waals surface area contributed by atoms with Crippen molar-refractivity contribution >= 4 is 0 Å². The van der Waals surface area contributed by atoms with Gasteiger partial charge in [0, 0.05) is 11.3 Å². The van der Waals surface area contributed by atoms with Crippen LogP contribution in [0.4, 0.5) is 0 Å². The highest BCUT2D eigenvalue weighted by molar-refractivity contribution is 5.83. The van der Waals surface area contributed by atoms with Gasteiger partial charge in [-0.05, 0) is 111 Å². The van der Waals surface area contributed by atoms with Crippen molar-refractivity contribution in [1.29, 1.82) is 0 Å². The summed E-state index contributed by atoms with van der Waals surface area (Å²) in [6.07, 6.45) is 9.49. The summed E-state index contributed by atoms with van der Waals surface area (Å²) >= 11 is 0. The van der Waals surface area contributed by atoms with E-state index in [1.807, 2.05) is 5.57 Å². The molecule has 2 aromatic carbocycles. The summed E-state index contributed by atoms with van der Waals surface area (Å²) in [5, 5.41) is 0. The van der Waals surface area contributed by atoms with Crippen LogP contribution in [0.5, 0.6) is 0 Å². The van der Waals surface area contributed by atoms with Gasteiger partial charge in [0.2, 0.25) is 0 Å². The second-order valence-electron chi connectivity index (χ2n) is 17.3. The van der Waals surface area contributed by atoms with E-state index in [0.29, 0.717) is 5.92 Å². The molecule has 214 valence electrons. The SMILES string of the molecule is Cc1cc2c(cc1C(C)(C)C)-c1cc(C(C)(C)C)c(C)cc1C2C1(C)C2=C(CC(C(C)(C)C)=C2)C2CCCCC21. The van der Waals surface area contributed by atoms with Crippen molar-refractivity contribution in [3.05, 3.63) is 80.4 Å². The van der Waals surface area contributed by atoms with E-state index in [9.17, 15) is 0 Å². The number of fused-ring (bicyclic) bond motifs is 5. The molecule has 4 aliphatic rings. The first-order valence-corrected chi connectivity index (χ1v) is 16.2. The molecule has 0 saturated heterocycles. The van der Waals surface area contributed by atoms with Crippen LogP contribution in [0.3, 0.4) is 0 Å². The molecule has 2 aromatic rings. The second-order valence-corrected chi connectivity index (χ2v) is 17.3. The molecule has 1 saturated carbocycles. The van der Waals surface area contributed by atoms with E-state index < -0.39 is 0 Å². The number of hydrogen-bond acceptors (Lipinski definition) is 0. The molecule has 3 unspecified atom stereocenters. The van der Waals surface area contributed by atoms with Gasteiger partial charge in [0.15, 0.2) is 0 Å². The van der Waals surface area contributed by atoms with Crippen LogP contribution in [0.15, 0.2) is 47.1 Å². The van der Waals surface area contributed by atoms with Gasteiger partial charge in [0.05, 0.1) is 0 Å². The lowest BCUT2D eigenvalue weighted by atomic mass is 9.58. The average molecular weight is 535 g/mol. The number of allylic oxidation sites excluding steroid dienone is 4. The van der Waals surface area contributed by atoms with E-state index in [1.165, 1.54) is 65.5 Å². The Balaban J connectivity index is 1.64. The zero-order chi connectivity index (χ0) is 29.2. The lowest BCUT2D eigenvalue weighted by Gasteiger charge is -2.45. The molecule has 40 heavy (non-hydrogen) atoms. The number of benzene rings is 2. The van der Waals surface area contributed by atoms with Crippen molar-refractivity contribution in [2.75, 3.05) is 0 Å². The Morgan fingerprint density at radius 2 is 1.18 bits per heavy atom. The molecule has 0 heterocycles. The molecule has 0 spiro atoms. The largest absolute Gasteiger partial charge is 0.0605 e. The molecule has 0 amide bonds. The van der Waals surface area contributed by atoms with Gasteiger partial charge in [-0.1, -0.05) is 124 Å². The average Bonchev–Trinajstić information content (AvgIpc) is 3.47. The molecule has 0 heteroatoms. The molecule has 0 aromatic heterocycles. The molecule has 6 rings (SSSR count). The Morgan fingerprint density at radius 1 is 0.675 bits per heavy atom. The topological polar surface area (TPSA) is 0 Å². The normalized spacial score (nSPS) is 26.6. The quantitative estimate of drug-likeness (QED) is 0.341. The standard InChI is InChI=1S/C40H54/c1-23-17-30-27(21-33(23)38(6,7)8)28-22-34(39(9,10)11)24(2)18-31(28)36(30)40(12)32-16-14-13-15-26(32)29-19-25(20-35(29)40)37(3,4)5/h17-18,20-22,26,32,36H,13-16,19H2,1-12H3. The molecule has 0 bridgehead atoms. The van der Waals surface area contributed by atoms with E-state index >= 15 is 0 Å². The summed E-state index contributed by atoms with van der Waals surface area (Å²) in [6.45, 7) is 29.0. The molecular formula is C40H54. The van der Waals surface area contributed by atoms with Gasteiger partial charge in [0.25, 0.3) is 0 Å². The summed E-state index contributed by atoms with van der Waals surface area (Å²) in [7, 11) is 0. The van der Waals surface area contributed by atoms with E-state index in [4.69, 9.17) is 0 Å². The van der Waals surface area contributed by atoms with Crippen LogP contribution >= 0.6 is 0 Å². The molecule has 0 radical (unpaired) electrons. The van der Waals surface area contributed by atoms with Crippen molar-refractivity contribution in [1.82, 2.24) is 0 Å². The Hall–Kier alpha value is -2.08. The summed E-state index contributed by atoms with van der Waals surface area (Å²) in [4.78, 5) is 0. The molecule has 1 fully saturated rings. The van der Waals surface area contributed by atoms with Crippen molar-refractivity contribution in [3.8, 4) is 11.1 Å². The second kappa shape index (κ2) is 8.72. The van der Waals surface area contributed by atoms with E-state index in [1.54, 1.807) is 22.3 Å². The third kappa shape index (κ3) is 3.98. The number of aryl methyl sites for hydroxylation is 2. The maximum absolute atomic E-state index is 2.71. The van der Waals surface area contributed by atoms with Crippen molar-refractivity contribution in [2.45, 2.75) is 132 Å². The summed E-state index contributed by atoms with van der Waals surface area (Å²) in [5.74, 6) is 1.94. The molecule has 0 aliphatic heterocycles. The highest BCUT2D eigenvalue weighted by Crippen LogP contribution is 2.69. The Morgan fingerprint density at radius 3 is 1.65 bits per heavy atom. The zero-order valence-corrected chi connectivity index (χ0v) is 27.7.